The van der Waals surface area contributed by atoms with Crippen LogP contribution in [0, 0.1) is 11.6 Å². The summed E-state index contributed by atoms with van der Waals surface area (Å²) in [6.45, 7) is 0.604. The molecular formula is C16H15F2NO2. The molecule has 0 saturated carbocycles. The minimum atomic E-state index is -0.983. The topological polar surface area (TPSA) is 40.5 Å². The monoisotopic (exact) mass is 291 g/mol. The van der Waals surface area contributed by atoms with E-state index in [0.717, 1.165) is 5.56 Å². The van der Waals surface area contributed by atoms with Gasteiger partial charge in [-0.2, -0.15) is 0 Å². The van der Waals surface area contributed by atoms with E-state index < -0.39 is 17.6 Å². The molecule has 3 nitrogen and oxygen atoms in total. The molecule has 2 rings (SSSR count). The lowest BCUT2D eigenvalue weighted by Gasteiger charge is -2.17. The maximum atomic E-state index is 13.6. The molecule has 0 spiro atoms. The van der Waals surface area contributed by atoms with Gasteiger partial charge in [0.15, 0.2) is 0 Å². The number of rotatable bonds is 5. The van der Waals surface area contributed by atoms with Crippen LogP contribution in [0.1, 0.15) is 21.5 Å². The zero-order valence-corrected chi connectivity index (χ0v) is 11.5. The summed E-state index contributed by atoms with van der Waals surface area (Å²) in [5.74, 6) is -2.12. The molecule has 5 heteroatoms. The van der Waals surface area contributed by atoms with Crippen LogP contribution in [-0.4, -0.2) is 23.0 Å². The van der Waals surface area contributed by atoms with Crippen LogP contribution in [0.4, 0.5) is 8.78 Å². The number of hydrogen-bond donors (Lipinski definition) is 1. The Kier molecular flexibility index (Phi) is 4.65. The lowest BCUT2D eigenvalue weighted by atomic mass is 10.1. The molecule has 0 fully saturated rings. The van der Waals surface area contributed by atoms with Gasteiger partial charge in [-0.3, -0.25) is 4.90 Å². The van der Waals surface area contributed by atoms with Gasteiger partial charge in [0, 0.05) is 18.7 Å². The summed E-state index contributed by atoms with van der Waals surface area (Å²) in [5.41, 5.74) is 1.11. The largest absolute Gasteiger partial charge is 0.478 e. The van der Waals surface area contributed by atoms with Crippen molar-refractivity contribution in [2.24, 2.45) is 0 Å². The molecule has 2 aromatic carbocycles. The van der Waals surface area contributed by atoms with Gasteiger partial charge in [-0.25, -0.2) is 13.6 Å². The average molecular weight is 291 g/mol. The summed E-state index contributed by atoms with van der Waals surface area (Å²) >= 11 is 0. The minimum Gasteiger partial charge on any atom is -0.478 e. The molecule has 0 radical (unpaired) electrons. The quantitative estimate of drug-likeness (QED) is 0.919. The van der Waals surface area contributed by atoms with E-state index in [2.05, 4.69) is 0 Å². The number of benzene rings is 2. The molecule has 0 bridgehead atoms. The van der Waals surface area contributed by atoms with E-state index in [1.54, 1.807) is 24.1 Å². The SMILES string of the molecule is CN(Cc1ccc(C(=O)O)cc1)Cc1c(F)cccc1F. The van der Waals surface area contributed by atoms with Crippen LogP contribution in [0.5, 0.6) is 0 Å². The number of nitrogens with zero attached hydrogens (tertiary/aromatic N) is 1. The third kappa shape index (κ3) is 3.86. The Morgan fingerprint density at radius 2 is 1.62 bits per heavy atom. The van der Waals surface area contributed by atoms with Crippen molar-refractivity contribution in [1.82, 2.24) is 4.90 Å². The lowest BCUT2D eigenvalue weighted by molar-refractivity contribution is 0.0697. The van der Waals surface area contributed by atoms with Gasteiger partial charge in [-0.15, -0.1) is 0 Å². The number of halogens is 2. The Morgan fingerprint density at radius 1 is 1.05 bits per heavy atom. The molecule has 0 unspecified atom stereocenters. The highest BCUT2D eigenvalue weighted by atomic mass is 19.1. The molecule has 0 aliphatic heterocycles. The van der Waals surface area contributed by atoms with E-state index in [1.165, 1.54) is 30.3 Å². The van der Waals surface area contributed by atoms with Crippen molar-refractivity contribution in [1.29, 1.82) is 0 Å². The first-order valence-corrected chi connectivity index (χ1v) is 6.41. The van der Waals surface area contributed by atoms with Crippen LogP contribution in [0.2, 0.25) is 0 Å². The average Bonchev–Trinajstić information content (AvgIpc) is 2.43. The fourth-order valence-corrected chi connectivity index (χ4v) is 2.07. The maximum absolute atomic E-state index is 13.6. The van der Waals surface area contributed by atoms with Crippen LogP contribution in [-0.2, 0) is 13.1 Å². The zero-order valence-electron chi connectivity index (χ0n) is 11.5. The number of aromatic carboxylic acids is 1. The summed E-state index contributed by atoms with van der Waals surface area (Å²) in [4.78, 5) is 12.5. The highest BCUT2D eigenvalue weighted by molar-refractivity contribution is 5.87. The Hall–Kier alpha value is -2.27. The standard InChI is InChI=1S/C16H15F2NO2/c1-19(10-13-14(17)3-2-4-15(13)18)9-11-5-7-12(8-6-11)16(20)21/h2-8H,9-10H2,1H3,(H,20,21). The predicted octanol–water partition coefficient (Wildman–Crippen LogP) is 3.30. The third-order valence-electron chi connectivity index (χ3n) is 3.14. The summed E-state index contributed by atoms with van der Waals surface area (Å²) in [7, 11) is 1.75. The Bertz CT molecular complexity index is 621. The van der Waals surface area contributed by atoms with E-state index in [4.69, 9.17) is 5.11 Å². The summed E-state index contributed by atoms with van der Waals surface area (Å²) in [6, 6.07) is 10.2. The van der Waals surface area contributed by atoms with Gasteiger partial charge in [-0.1, -0.05) is 18.2 Å². The molecule has 0 heterocycles. The molecule has 2 aromatic rings. The normalized spacial score (nSPS) is 10.9. The van der Waals surface area contributed by atoms with Crippen LogP contribution < -0.4 is 0 Å². The maximum Gasteiger partial charge on any atom is 0.335 e. The first kappa shape index (κ1) is 15.1. The van der Waals surface area contributed by atoms with E-state index in [0.29, 0.717) is 6.54 Å². The van der Waals surface area contributed by atoms with Crippen LogP contribution in [0.25, 0.3) is 0 Å². The van der Waals surface area contributed by atoms with Gasteiger partial charge in [0.05, 0.1) is 5.56 Å². The third-order valence-corrected chi connectivity index (χ3v) is 3.14. The van der Waals surface area contributed by atoms with Gasteiger partial charge in [0.1, 0.15) is 11.6 Å². The number of carbonyl (C=O) groups is 1. The molecule has 21 heavy (non-hydrogen) atoms. The van der Waals surface area contributed by atoms with E-state index in [9.17, 15) is 13.6 Å². The molecule has 0 aliphatic rings. The second kappa shape index (κ2) is 6.45. The van der Waals surface area contributed by atoms with Crippen molar-refractivity contribution in [3.63, 3.8) is 0 Å². The van der Waals surface area contributed by atoms with Crippen LogP contribution in [0.15, 0.2) is 42.5 Å². The number of hydrogen-bond acceptors (Lipinski definition) is 2. The van der Waals surface area contributed by atoms with Gasteiger partial charge in [0.25, 0.3) is 0 Å². The molecule has 0 aromatic heterocycles. The molecule has 0 saturated heterocycles. The minimum absolute atomic E-state index is 0.0298. The van der Waals surface area contributed by atoms with Gasteiger partial charge in [0.2, 0.25) is 0 Å². The molecular weight excluding hydrogens is 276 g/mol. The van der Waals surface area contributed by atoms with E-state index >= 15 is 0 Å². The highest BCUT2D eigenvalue weighted by Crippen LogP contribution is 2.15. The van der Waals surface area contributed by atoms with Crippen LogP contribution in [0.3, 0.4) is 0 Å². The van der Waals surface area contributed by atoms with Crippen molar-refractivity contribution < 1.29 is 18.7 Å². The van der Waals surface area contributed by atoms with Crippen molar-refractivity contribution in [3.05, 3.63) is 70.8 Å². The number of carboxylic acid groups (broad SMARTS) is 1. The fraction of sp³-hybridized carbons (Fsp3) is 0.188. The second-order valence-corrected chi connectivity index (χ2v) is 4.87. The lowest BCUT2D eigenvalue weighted by Crippen LogP contribution is -2.19. The molecule has 1 N–H and O–H groups in total. The van der Waals surface area contributed by atoms with E-state index in [1.807, 2.05) is 0 Å². The van der Waals surface area contributed by atoms with Gasteiger partial charge in [-0.05, 0) is 36.9 Å². The molecule has 0 aliphatic carbocycles. The van der Waals surface area contributed by atoms with Crippen molar-refractivity contribution >= 4 is 5.97 Å². The number of carboxylic acids is 1. The Balaban J connectivity index is 2.04. The molecule has 0 amide bonds. The van der Waals surface area contributed by atoms with Crippen molar-refractivity contribution in [2.45, 2.75) is 13.1 Å². The van der Waals surface area contributed by atoms with Crippen LogP contribution >= 0.6 is 0 Å². The Morgan fingerprint density at radius 3 is 2.14 bits per heavy atom. The smallest absolute Gasteiger partial charge is 0.335 e. The van der Waals surface area contributed by atoms with Crippen molar-refractivity contribution in [2.75, 3.05) is 7.05 Å². The van der Waals surface area contributed by atoms with Gasteiger partial charge >= 0.3 is 5.97 Å². The van der Waals surface area contributed by atoms with Crippen molar-refractivity contribution in [3.8, 4) is 0 Å². The fourth-order valence-electron chi connectivity index (χ4n) is 2.07. The first-order valence-electron chi connectivity index (χ1n) is 6.41. The predicted molar refractivity (Wildman–Crippen MR) is 74.9 cm³/mol. The zero-order chi connectivity index (χ0) is 15.4. The van der Waals surface area contributed by atoms with E-state index in [-0.39, 0.29) is 17.7 Å². The highest BCUT2D eigenvalue weighted by Gasteiger charge is 2.11. The summed E-state index contributed by atoms with van der Waals surface area (Å²) < 4.78 is 27.1. The van der Waals surface area contributed by atoms with Gasteiger partial charge < -0.3 is 5.11 Å². The second-order valence-electron chi connectivity index (χ2n) is 4.87. The Labute approximate surface area is 121 Å². The molecule has 110 valence electrons. The summed E-state index contributed by atoms with van der Waals surface area (Å²) in [6.07, 6.45) is 0. The summed E-state index contributed by atoms with van der Waals surface area (Å²) in [5, 5.41) is 8.82. The molecule has 0 atom stereocenters. The first-order chi connectivity index (χ1) is 9.97.